The largest absolute Gasteiger partial charge is 0.486 e. The van der Waals surface area contributed by atoms with Gasteiger partial charge in [0.1, 0.15) is 23.9 Å². The van der Waals surface area contributed by atoms with Crippen molar-refractivity contribution < 1.29 is 9.47 Å². The maximum absolute atomic E-state index is 6.14. The smallest absolute Gasteiger partial charge is 0.161 e. The molecule has 1 aromatic carbocycles. The third-order valence-electron chi connectivity index (χ3n) is 4.60. The Morgan fingerprint density at radius 2 is 2.00 bits per heavy atom. The maximum atomic E-state index is 6.14. The van der Waals surface area contributed by atoms with Crippen LogP contribution < -0.4 is 14.4 Å². The third-order valence-corrected chi connectivity index (χ3v) is 4.60. The normalized spacial score (nSPS) is 16.2. The average molecular weight is 352 g/mol. The Hall–Kier alpha value is -2.76. The van der Waals surface area contributed by atoms with Crippen LogP contribution in [0.3, 0.4) is 0 Å². The molecular weight excluding hydrogens is 328 g/mol. The molecule has 0 radical (unpaired) electrons. The standard InChI is InChI=1S/C20H24N4O2/c1-4-24(11-14-12-25-16-7-5-6-8-17(16)26-14)20-15-9-10-21-19(15)22-18(23-20)13(2)3/h5-10,13-14H,4,11-12H2,1-3H3,(H,21,22,23). The molecule has 3 heterocycles. The second-order valence-electron chi connectivity index (χ2n) is 6.84. The molecule has 0 aliphatic carbocycles. The van der Waals surface area contributed by atoms with Crippen LogP contribution in [0.1, 0.15) is 32.5 Å². The zero-order valence-corrected chi connectivity index (χ0v) is 15.4. The molecule has 1 aliphatic heterocycles. The molecule has 0 saturated carbocycles. The van der Waals surface area contributed by atoms with E-state index in [0.29, 0.717) is 13.2 Å². The van der Waals surface area contributed by atoms with Crippen molar-refractivity contribution in [3.8, 4) is 11.5 Å². The maximum Gasteiger partial charge on any atom is 0.161 e. The van der Waals surface area contributed by atoms with Gasteiger partial charge >= 0.3 is 0 Å². The number of anilines is 1. The van der Waals surface area contributed by atoms with Crippen LogP contribution in [0.5, 0.6) is 11.5 Å². The molecule has 1 atom stereocenters. The molecule has 2 aromatic heterocycles. The van der Waals surface area contributed by atoms with E-state index in [1.807, 2.05) is 36.5 Å². The topological polar surface area (TPSA) is 63.3 Å². The molecule has 6 nitrogen and oxygen atoms in total. The van der Waals surface area contributed by atoms with Crippen molar-refractivity contribution in [2.75, 3.05) is 24.6 Å². The van der Waals surface area contributed by atoms with E-state index >= 15 is 0 Å². The average Bonchev–Trinajstić information content (AvgIpc) is 3.14. The van der Waals surface area contributed by atoms with Gasteiger partial charge in [0.2, 0.25) is 0 Å². The van der Waals surface area contributed by atoms with Crippen molar-refractivity contribution in [2.45, 2.75) is 32.8 Å². The summed E-state index contributed by atoms with van der Waals surface area (Å²) in [6.45, 7) is 8.42. The highest BCUT2D eigenvalue weighted by molar-refractivity contribution is 5.87. The van der Waals surface area contributed by atoms with Crippen LogP contribution in [0.4, 0.5) is 5.82 Å². The van der Waals surface area contributed by atoms with Crippen LogP contribution in [0.25, 0.3) is 11.0 Å². The summed E-state index contributed by atoms with van der Waals surface area (Å²) in [5.41, 5.74) is 0.878. The number of benzene rings is 1. The molecule has 3 aromatic rings. The highest BCUT2D eigenvalue weighted by Gasteiger charge is 2.25. The zero-order valence-electron chi connectivity index (χ0n) is 15.4. The van der Waals surface area contributed by atoms with Gasteiger partial charge in [-0.2, -0.15) is 0 Å². The predicted octanol–water partition coefficient (Wildman–Crippen LogP) is 3.75. The Morgan fingerprint density at radius 3 is 2.77 bits per heavy atom. The predicted molar refractivity (Wildman–Crippen MR) is 102 cm³/mol. The highest BCUT2D eigenvalue weighted by Crippen LogP contribution is 2.32. The lowest BCUT2D eigenvalue weighted by Crippen LogP contribution is -2.41. The van der Waals surface area contributed by atoms with Gasteiger partial charge in [0.25, 0.3) is 0 Å². The van der Waals surface area contributed by atoms with Crippen LogP contribution in [-0.2, 0) is 0 Å². The van der Waals surface area contributed by atoms with E-state index in [1.165, 1.54) is 0 Å². The Morgan fingerprint density at radius 1 is 1.19 bits per heavy atom. The molecule has 0 amide bonds. The van der Waals surface area contributed by atoms with Crippen LogP contribution in [-0.4, -0.2) is 40.8 Å². The molecule has 0 fully saturated rings. The fourth-order valence-electron chi connectivity index (χ4n) is 3.21. The second-order valence-corrected chi connectivity index (χ2v) is 6.84. The van der Waals surface area contributed by atoms with Gasteiger partial charge in [-0.3, -0.25) is 0 Å². The number of para-hydroxylation sites is 2. The molecule has 26 heavy (non-hydrogen) atoms. The first-order valence-corrected chi connectivity index (χ1v) is 9.14. The lowest BCUT2D eigenvalue weighted by Gasteiger charge is -2.31. The van der Waals surface area contributed by atoms with E-state index in [0.717, 1.165) is 40.7 Å². The molecule has 0 bridgehead atoms. The van der Waals surface area contributed by atoms with Crippen molar-refractivity contribution in [3.05, 3.63) is 42.4 Å². The van der Waals surface area contributed by atoms with Gasteiger partial charge in [0.05, 0.1) is 11.9 Å². The molecule has 6 heteroatoms. The van der Waals surface area contributed by atoms with Gasteiger partial charge in [0.15, 0.2) is 17.6 Å². The van der Waals surface area contributed by atoms with Crippen molar-refractivity contribution >= 4 is 16.9 Å². The monoisotopic (exact) mass is 352 g/mol. The van der Waals surface area contributed by atoms with Gasteiger partial charge in [-0.05, 0) is 25.1 Å². The van der Waals surface area contributed by atoms with E-state index in [1.54, 1.807) is 0 Å². The Balaban J connectivity index is 1.62. The van der Waals surface area contributed by atoms with Crippen molar-refractivity contribution in [3.63, 3.8) is 0 Å². The Kier molecular flexibility index (Phi) is 4.41. The number of likely N-dealkylation sites (N-methyl/N-ethyl adjacent to an activating group) is 1. The summed E-state index contributed by atoms with van der Waals surface area (Å²) in [6.07, 6.45) is 1.87. The van der Waals surface area contributed by atoms with Crippen LogP contribution in [0.15, 0.2) is 36.5 Å². The summed E-state index contributed by atoms with van der Waals surface area (Å²) < 4.78 is 12.0. The Labute approximate surface area is 153 Å². The molecular formula is C20H24N4O2. The van der Waals surface area contributed by atoms with Gasteiger partial charge in [-0.25, -0.2) is 9.97 Å². The molecule has 1 unspecified atom stereocenters. The summed E-state index contributed by atoms with van der Waals surface area (Å²) in [5, 5.41) is 1.04. The van der Waals surface area contributed by atoms with Gasteiger partial charge in [0, 0.05) is 18.7 Å². The number of hydrogen-bond donors (Lipinski definition) is 1. The van der Waals surface area contributed by atoms with Gasteiger partial charge in [-0.1, -0.05) is 26.0 Å². The molecule has 4 rings (SSSR count). The summed E-state index contributed by atoms with van der Waals surface area (Å²) in [4.78, 5) is 15.0. The van der Waals surface area contributed by atoms with E-state index in [2.05, 4.69) is 35.6 Å². The summed E-state index contributed by atoms with van der Waals surface area (Å²) >= 11 is 0. The number of rotatable bonds is 5. The fraction of sp³-hybridized carbons (Fsp3) is 0.400. The SMILES string of the molecule is CCN(CC1COc2ccccc2O1)c1nc(C(C)C)nc2[nH]ccc12. The van der Waals surface area contributed by atoms with Crippen molar-refractivity contribution in [1.82, 2.24) is 15.0 Å². The van der Waals surface area contributed by atoms with Gasteiger partial charge in [-0.15, -0.1) is 0 Å². The number of fused-ring (bicyclic) bond motifs is 2. The molecule has 0 spiro atoms. The molecule has 0 saturated heterocycles. The number of hydrogen-bond acceptors (Lipinski definition) is 5. The number of H-pyrrole nitrogens is 1. The summed E-state index contributed by atoms with van der Waals surface area (Å²) in [6, 6.07) is 9.84. The fourth-order valence-corrected chi connectivity index (χ4v) is 3.21. The Bertz CT molecular complexity index is 906. The van der Waals surface area contributed by atoms with E-state index in [-0.39, 0.29) is 12.0 Å². The number of nitrogens with zero attached hydrogens (tertiary/aromatic N) is 3. The minimum atomic E-state index is -0.0451. The first kappa shape index (κ1) is 16.7. The van der Waals surface area contributed by atoms with Crippen molar-refractivity contribution in [2.24, 2.45) is 0 Å². The number of aromatic amines is 1. The lowest BCUT2D eigenvalue weighted by atomic mass is 10.2. The minimum Gasteiger partial charge on any atom is -0.486 e. The van der Waals surface area contributed by atoms with E-state index < -0.39 is 0 Å². The molecule has 1 N–H and O–H groups in total. The molecule has 1 aliphatic rings. The zero-order chi connectivity index (χ0) is 18.1. The summed E-state index contributed by atoms with van der Waals surface area (Å²) in [5.74, 6) is 3.67. The quantitative estimate of drug-likeness (QED) is 0.758. The number of aromatic nitrogens is 3. The van der Waals surface area contributed by atoms with E-state index in [9.17, 15) is 0 Å². The number of ether oxygens (including phenoxy) is 2. The van der Waals surface area contributed by atoms with Crippen LogP contribution >= 0.6 is 0 Å². The number of nitrogens with one attached hydrogen (secondary N) is 1. The summed E-state index contributed by atoms with van der Waals surface area (Å²) in [7, 11) is 0. The van der Waals surface area contributed by atoms with Gasteiger partial charge < -0.3 is 19.4 Å². The van der Waals surface area contributed by atoms with Crippen LogP contribution in [0.2, 0.25) is 0 Å². The second kappa shape index (κ2) is 6.86. The molecule has 136 valence electrons. The van der Waals surface area contributed by atoms with Crippen LogP contribution in [0, 0.1) is 0 Å². The highest BCUT2D eigenvalue weighted by atomic mass is 16.6. The van der Waals surface area contributed by atoms with Crippen molar-refractivity contribution in [1.29, 1.82) is 0 Å². The first-order chi connectivity index (χ1) is 12.7. The first-order valence-electron chi connectivity index (χ1n) is 9.14. The minimum absolute atomic E-state index is 0.0451. The van der Waals surface area contributed by atoms with E-state index in [4.69, 9.17) is 14.5 Å². The lowest BCUT2D eigenvalue weighted by molar-refractivity contribution is 0.0953. The third kappa shape index (κ3) is 3.07.